The van der Waals surface area contributed by atoms with Crippen LogP contribution in [0.4, 0.5) is 0 Å². The second-order valence-corrected chi connectivity index (χ2v) is 6.26. The lowest BCUT2D eigenvalue weighted by atomic mass is 9.79. The Bertz CT molecular complexity index is 489. The van der Waals surface area contributed by atoms with Crippen molar-refractivity contribution >= 4 is 5.91 Å². The third-order valence-electron chi connectivity index (χ3n) is 4.21. The summed E-state index contributed by atoms with van der Waals surface area (Å²) >= 11 is 0. The van der Waals surface area contributed by atoms with Crippen LogP contribution in [0, 0.1) is 0 Å². The minimum absolute atomic E-state index is 0.122. The Balaban J connectivity index is 1.72. The van der Waals surface area contributed by atoms with Gasteiger partial charge >= 0.3 is 0 Å². The summed E-state index contributed by atoms with van der Waals surface area (Å²) in [6, 6.07) is 8.52. The largest absolute Gasteiger partial charge is 0.382 e. The van der Waals surface area contributed by atoms with E-state index in [4.69, 9.17) is 9.47 Å². The fourth-order valence-corrected chi connectivity index (χ4v) is 2.98. The minimum Gasteiger partial charge on any atom is -0.382 e. The highest BCUT2D eigenvalue weighted by Crippen LogP contribution is 2.28. The highest BCUT2D eigenvalue weighted by Gasteiger charge is 2.30. The van der Waals surface area contributed by atoms with E-state index in [1.807, 2.05) is 0 Å². The standard InChI is InChI=1S/C18H27NO3/c1-18(10-9-15-6-3-4-7-16(15)14-18)19-17(20)8-5-11-22-13-12-21-2/h3-4,6-7H,5,8-14H2,1-2H3,(H,19,20)/t18-/m0/s1. The number of carbonyl (C=O) groups excluding carboxylic acids is 1. The van der Waals surface area contributed by atoms with Crippen molar-refractivity contribution in [2.45, 2.75) is 44.6 Å². The molecule has 4 nitrogen and oxygen atoms in total. The summed E-state index contributed by atoms with van der Waals surface area (Å²) in [5, 5.41) is 3.22. The maximum Gasteiger partial charge on any atom is 0.220 e. The Morgan fingerprint density at radius 3 is 2.77 bits per heavy atom. The maximum atomic E-state index is 12.1. The topological polar surface area (TPSA) is 47.6 Å². The second-order valence-electron chi connectivity index (χ2n) is 6.26. The van der Waals surface area contributed by atoms with E-state index in [1.165, 1.54) is 11.1 Å². The van der Waals surface area contributed by atoms with E-state index in [0.29, 0.717) is 26.2 Å². The summed E-state index contributed by atoms with van der Waals surface area (Å²) in [7, 11) is 1.65. The first-order valence-corrected chi connectivity index (χ1v) is 8.07. The summed E-state index contributed by atoms with van der Waals surface area (Å²) in [6.45, 7) is 3.95. The molecule has 0 fully saturated rings. The molecule has 0 unspecified atom stereocenters. The van der Waals surface area contributed by atoms with Gasteiger partial charge in [-0.2, -0.15) is 0 Å². The number of aryl methyl sites for hydroxylation is 1. The van der Waals surface area contributed by atoms with Crippen LogP contribution in [0.2, 0.25) is 0 Å². The molecule has 0 radical (unpaired) electrons. The van der Waals surface area contributed by atoms with E-state index in [0.717, 1.165) is 25.7 Å². The van der Waals surface area contributed by atoms with Gasteiger partial charge in [0.1, 0.15) is 0 Å². The van der Waals surface area contributed by atoms with Gasteiger partial charge in [-0.1, -0.05) is 24.3 Å². The summed E-state index contributed by atoms with van der Waals surface area (Å²) < 4.78 is 10.3. The molecule has 122 valence electrons. The zero-order chi connectivity index (χ0) is 15.8. The number of hydrogen-bond donors (Lipinski definition) is 1. The van der Waals surface area contributed by atoms with Crippen LogP contribution in [0.1, 0.15) is 37.3 Å². The number of amides is 1. The lowest BCUT2D eigenvalue weighted by Crippen LogP contribution is -2.49. The van der Waals surface area contributed by atoms with Gasteiger partial charge in [0.25, 0.3) is 0 Å². The Kier molecular flexibility index (Phi) is 6.40. The summed E-state index contributed by atoms with van der Waals surface area (Å²) in [5.41, 5.74) is 2.66. The smallest absolute Gasteiger partial charge is 0.220 e. The zero-order valence-electron chi connectivity index (χ0n) is 13.7. The van der Waals surface area contributed by atoms with Gasteiger partial charge in [-0.3, -0.25) is 4.79 Å². The first-order valence-electron chi connectivity index (χ1n) is 8.07. The minimum atomic E-state index is -0.123. The second kappa shape index (κ2) is 8.30. The van der Waals surface area contributed by atoms with E-state index < -0.39 is 0 Å². The Morgan fingerprint density at radius 2 is 2.00 bits per heavy atom. The van der Waals surface area contributed by atoms with E-state index in [2.05, 4.69) is 36.5 Å². The van der Waals surface area contributed by atoms with Crippen LogP contribution in [0.3, 0.4) is 0 Å². The summed E-state index contributed by atoms with van der Waals surface area (Å²) in [4.78, 5) is 12.1. The molecule has 1 aliphatic rings. The molecule has 0 saturated heterocycles. The first kappa shape index (κ1) is 17.0. The van der Waals surface area contributed by atoms with Crippen LogP contribution < -0.4 is 5.32 Å². The van der Waals surface area contributed by atoms with E-state index in [-0.39, 0.29) is 11.4 Å². The lowest BCUT2D eigenvalue weighted by Gasteiger charge is -2.36. The molecule has 0 bridgehead atoms. The molecule has 1 aromatic carbocycles. The Labute approximate surface area is 133 Å². The van der Waals surface area contributed by atoms with Crippen LogP contribution >= 0.6 is 0 Å². The molecule has 0 saturated carbocycles. The van der Waals surface area contributed by atoms with Crippen LogP contribution in [-0.4, -0.2) is 38.4 Å². The average Bonchev–Trinajstić information content (AvgIpc) is 2.50. The molecule has 4 heteroatoms. The van der Waals surface area contributed by atoms with Gasteiger partial charge in [-0.25, -0.2) is 0 Å². The van der Waals surface area contributed by atoms with Gasteiger partial charge in [-0.15, -0.1) is 0 Å². The number of hydrogen-bond acceptors (Lipinski definition) is 3. The summed E-state index contributed by atoms with van der Waals surface area (Å²) in [6.07, 6.45) is 4.22. The number of ether oxygens (including phenoxy) is 2. The SMILES string of the molecule is COCCOCCCC(=O)N[C@@]1(C)CCc2ccccc2C1. The molecule has 1 aromatic rings. The molecule has 0 aliphatic heterocycles. The Morgan fingerprint density at radius 1 is 1.23 bits per heavy atom. The molecule has 1 N–H and O–H groups in total. The highest BCUT2D eigenvalue weighted by atomic mass is 16.5. The van der Waals surface area contributed by atoms with Crippen molar-refractivity contribution in [1.82, 2.24) is 5.32 Å². The maximum absolute atomic E-state index is 12.1. The van der Waals surface area contributed by atoms with Crippen molar-refractivity contribution in [2.75, 3.05) is 26.9 Å². The molecule has 2 rings (SSSR count). The van der Waals surface area contributed by atoms with Gasteiger partial charge in [0.05, 0.1) is 13.2 Å². The molecule has 0 spiro atoms. The molecular weight excluding hydrogens is 278 g/mol. The fraction of sp³-hybridized carbons (Fsp3) is 0.611. The first-order chi connectivity index (χ1) is 10.6. The zero-order valence-corrected chi connectivity index (χ0v) is 13.7. The molecule has 1 amide bonds. The molecular formula is C18H27NO3. The molecule has 1 atom stereocenters. The number of benzene rings is 1. The highest BCUT2D eigenvalue weighted by molar-refractivity contribution is 5.76. The van der Waals surface area contributed by atoms with Crippen LogP contribution in [0.25, 0.3) is 0 Å². The van der Waals surface area contributed by atoms with Gasteiger partial charge < -0.3 is 14.8 Å². The number of fused-ring (bicyclic) bond motifs is 1. The number of nitrogens with one attached hydrogen (secondary N) is 1. The van der Waals surface area contributed by atoms with Crippen molar-refractivity contribution in [3.8, 4) is 0 Å². The van der Waals surface area contributed by atoms with Crippen LogP contribution in [0.5, 0.6) is 0 Å². The molecule has 22 heavy (non-hydrogen) atoms. The normalized spacial score (nSPS) is 20.5. The van der Waals surface area contributed by atoms with Gasteiger partial charge in [0.2, 0.25) is 5.91 Å². The monoisotopic (exact) mass is 305 g/mol. The van der Waals surface area contributed by atoms with Crippen molar-refractivity contribution in [2.24, 2.45) is 0 Å². The summed E-state index contributed by atoms with van der Waals surface area (Å²) in [5.74, 6) is 0.122. The molecule has 0 heterocycles. The quantitative estimate of drug-likeness (QED) is 0.751. The average molecular weight is 305 g/mol. The van der Waals surface area contributed by atoms with Crippen LogP contribution in [0.15, 0.2) is 24.3 Å². The third-order valence-corrected chi connectivity index (χ3v) is 4.21. The number of methoxy groups -OCH3 is 1. The van der Waals surface area contributed by atoms with E-state index in [1.54, 1.807) is 7.11 Å². The molecule has 0 aromatic heterocycles. The van der Waals surface area contributed by atoms with Crippen molar-refractivity contribution in [3.63, 3.8) is 0 Å². The predicted octanol–water partition coefficient (Wildman–Crippen LogP) is 2.49. The number of rotatable bonds is 8. The van der Waals surface area contributed by atoms with E-state index >= 15 is 0 Å². The van der Waals surface area contributed by atoms with Crippen molar-refractivity contribution < 1.29 is 14.3 Å². The van der Waals surface area contributed by atoms with Crippen molar-refractivity contribution in [1.29, 1.82) is 0 Å². The van der Waals surface area contributed by atoms with Crippen LogP contribution in [-0.2, 0) is 27.1 Å². The van der Waals surface area contributed by atoms with Gasteiger partial charge in [0, 0.05) is 25.7 Å². The number of carbonyl (C=O) groups is 1. The fourth-order valence-electron chi connectivity index (χ4n) is 2.98. The third kappa shape index (κ3) is 5.11. The van der Waals surface area contributed by atoms with Gasteiger partial charge in [-0.05, 0) is 43.7 Å². The van der Waals surface area contributed by atoms with E-state index in [9.17, 15) is 4.79 Å². The predicted molar refractivity (Wildman–Crippen MR) is 86.9 cm³/mol. The van der Waals surface area contributed by atoms with Gasteiger partial charge in [0.15, 0.2) is 0 Å². The lowest BCUT2D eigenvalue weighted by molar-refractivity contribution is -0.123. The molecule has 1 aliphatic carbocycles. The van der Waals surface area contributed by atoms with Crippen molar-refractivity contribution in [3.05, 3.63) is 35.4 Å². The Hall–Kier alpha value is -1.39.